The molecule has 1 atom stereocenters. The fraction of sp³-hybridized carbons (Fsp3) is 0.381. The zero-order valence-electron chi connectivity index (χ0n) is 16.3. The van der Waals surface area contributed by atoms with E-state index in [1.165, 1.54) is 4.31 Å². The molecule has 0 spiro atoms. The Balaban J connectivity index is 1.81. The molecule has 0 radical (unpaired) electrons. The first-order valence-corrected chi connectivity index (χ1v) is 11.2. The second kappa shape index (κ2) is 8.23. The lowest BCUT2D eigenvalue weighted by Gasteiger charge is -2.32. The number of sulfonamides is 1. The number of hydrogen-bond acceptors (Lipinski definition) is 3. The maximum atomic E-state index is 13.3. The highest BCUT2D eigenvalue weighted by atomic mass is 35.5. The quantitative estimate of drug-likeness (QED) is 0.801. The van der Waals surface area contributed by atoms with Crippen molar-refractivity contribution in [3.63, 3.8) is 0 Å². The number of carbonyl (C=O) groups is 1. The summed E-state index contributed by atoms with van der Waals surface area (Å²) in [6.45, 7) is 6.18. The summed E-state index contributed by atoms with van der Waals surface area (Å²) < 4.78 is 28.0. The van der Waals surface area contributed by atoms with Crippen LogP contribution in [-0.2, 0) is 14.8 Å². The Morgan fingerprint density at radius 3 is 2.43 bits per heavy atom. The summed E-state index contributed by atoms with van der Waals surface area (Å²) in [5, 5.41) is 3.29. The van der Waals surface area contributed by atoms with Gasteiger partial charge in [-0.1, -0.05) is 41.4 Å². The van der Waals surface area contributed by atoms with Crippen molar-refractivity contribution in [2.45, 2.75) is 38.5 Å². The average molecular weight is 421 g/mol. The van der Waals surface area contributed by atoms with Gasteiger partial charge in [0.15, 0.2) is 0 Å². The van der Waals surface area contributed by atoms with Crippen LogP contribution in [0, 0.1) is 26.7 Å². The topological polar surface area (TPSA) is 66.5 Å². The number of para-hydroxylation sites is 1. The molecule has 1 amide bonds. The Hall–Kier alpha value is -1.89. The molecule has 1 saturated heterocycles. The first kappa shape index (κ1) is 20.8. The van der Waals surface area contributed by atoms with Crippen LogP contribution < -0.4 is 5.32 Å². The molecular formula is C21H25ClN2O3S. The maximum absolute atomic E-state index is 13.3. The zero-order chi connectivity index (χ0) is 20.5. The van der Waals surface area contributed by atoms with Crippen molar-refractivity contribution in [3.8, 4) is 0 Å². The number of amides is 1. The number of piperidine rings is 1. The van der Waals surface area contributed by atoms with Crippen LogP contribution in [0.5, 0.6) is 0 Å². The smallest absolute Gasteiger partial charge is 0.243 e. The standard InChI is InChI=1S/C21H25ClN2O3S/c1-14-11-15(2)20(16(3)12-14)28(26,27)24-10-6-7-17(13-24)21(25)23-19-9-5-4-8-18(19)22/h4-5,8-9,11-12,17H,6-7,10,13H2,1-3H3,(H,23,25)/t17-/m1/s1. The number of halogens is 1. The third-order valence-electron chi connectivity index (χ3n) is 5.09. The van der Waals surface area contributed by atoms with Crippen molar-refractivity contribution in [1.29, 1.82) is 0 Å². The molecule has 2 aromatic rings. The molecule has 1 aliphatic rings. The molecule has 0 aliphatic carbocycles. The van der Waals surface area contributed by atoms with Gasteiger partial charge in [0, 0.05) is 13.1 Å². The van der Waals surface area contributed by atoms with Crippen molar-refractivity contribution in [1.82, 2.24) is 4.31 Å². The molecule has 2 aromatic carbocycles. The molecule has 150 valence electrons. The van der Waals surface area contributed by atoms with Crippen LogP contribution in [0.1, 0.15) is 29.5 Å². The SMILES string of the molecule is Cc1cc(C)c(S(=O)(=O)N2CCC[C@@H](C(=O)Nc3ccccc3Cl)C2)c(C)c1. The van der Waals surface area contributed by atoms with Gasteiger partial charge in [0.1, 0.15) is 0 Å². The molecule has 7 heteroatoms. The van der Waals surface area contributed by atoms with E-state index in [0.717, 1.165) is 16.7 Å². The van der Waals surface area contributed by atoms with Gasteiger partial charge >= 0.3 is 0 Å². The number of rotatable bonds is 4. The molecule has 1 aliphatic heterocycles. The van der Waals surface area contributed by atoms with Gasteiger partial charge in [0.2, 0.25) is 15.9 Å². The summed E-state index contributed by atoms with van der Waals surface area (Å²) in [7, 11) is -3.66. The minimum Gasteiger partial charge on any atom is -0.324 e. The van der Waals surface area contributed by atoms with E-state index in [9.17, 15) is 13.2 Å². The number of aryl methyl sites for hydroxylation is 3. The first-order valence-electron chi connectivity index (χ1n) is 9.33. The Morgan fingerprint density at radius 2 is 1.79 bits per heavy atom. The third kappa shape index (κ3) is 4.24. The van der Waals surface area contributed by atoms with Crippen LogP contribution in [0.2, 0.25) is 5.02 Å². The molecule has 5 nitrogen and oxygen atoms in total. The van der Waals surface area contributed by atoms with Gasteiger partial charge in [-0.25, -0.2) is 8.42 Å². The van der Waals surface area contributed by atoms with Gasteiger partial charge in [-0.2, -0.15) is 4.31 Å². The number of carbonyl (C=O) groups excluding carboxylic acids is 1. The normalized spacial score (nSPS) is 18.1. The summed E-state index contributed by atoms with van der Waals surface area (Å²) in [6, 6.07) is 10.8. The van der Waals surface area contributed by atoms with Gasteiger partial charge < -0.3 is 5.32 Å². The lowest BCUT2D eigenvalue weighted by molar-refractivity contribution is -0.120. The van der Waals surface area contributed by atoms with Crippen LogP contribution in [-0.4, -0.2) is 31.7 Å². The predicted molar refractivity (Wildman–Crippen MR) is 112 cm³/mol. The van der Waals surface area contributed by atoms with Gasteiger partial charge in [0.05, 0.1) is 21.5 Å². The number of benzene rings is 2. The van der Waals surface area contributed by atoms with E-state index in [0.29, 0.717) is 35.0 Å². The summed E-state index contributed by atoms with van der Waals surface area (Å²) in [5.41, 5.74) is 3.05. The molecule has 0 aromatic heterocycles. The fourth-order valence-electron chi connectivity index (χ4n) is 3.87. The molecule has 0 saturated carbocycles. The molecule has 28 heavy (non-hydrogen) atoms. The molecule has 1 fully saturated rings. The fourth-order valence-corrected chi connectivity index (χ4v) is 5.99. The van der Waals surface area contributed by atoms with E-state index >= 15 is 0 Å². The Kier molecular flexibility index (Phi) is 6.12. The Morgan fingerprint density at radius 1 is 1.14 bits per heavy atom. The highest BCUT2D eigenvalue weighted by molar-refractivity contribution is 7.89. The van der Waals surface area contributed by atoms with Crippen LogP contribution in [0.4, 0.5) is 5.69 Å². The van der Waals surface area contributed by atoms with Gasteiger partial charge in [-0.05, 0) is 56.9 Å². The van der Waals surface area contributed by atoms with Gasteiger partial charge in [-0.15, -0.1) is 0 Å². The number of nitrogens with one attached hydrogen (secondary N) is 1. The van der Waals surface area contributed by atoms with Crippen LogP contribution in [0.25, 0.3) is 0 Å². The summed E-state index contributed by atoms with van der Waals surface area (Å²) in [6.07, 6.45) is 1.29. The lowest BCUT2D eigenvalue weighted by Crippen LogP contribution is -2.44. The van der Waals surface area contributed by atoms with E-state index < -0.39 is 15.9 Å². The van der Waals surface area contributed by atoms with Gasteiger partial charge in [-0.3, -0.25) is 4.79 Å². The average Bonchev–Trinajstić information content (AvgIpc) is 2.62. The second-order valence-corrected chi connectivity index (χ2v) is 9.68. The zero-order valence-corrected chi connectivity index (χ0v) is 17.9. The van der Waals surface area contributed by atoms with E-state index in [4.69, 9.17) is 11.6 Å². The first-order chi connectivity index (χ1) is 13.2. The van der Waals surface area contributed by atoms with E-state index in [1.807, 2.05) is 32.9 Å². The molecule has 0 bridgehead atoms. The highest BCUT2D eigenvalue weighted by Gasteiger charge is 2.35. The molecule has 1 N–H and O–H groups in total. The lowest BCUT2D eigenvalue weighted by atomic mass is 9.99. The third-order valence-corrected chi connectivity index (χ3v) is 7.59. The maximum Gasteiger partial charge on any atom is 0.243 e. The molecule has 0 unspecified atom stereocenters. The van der Waals surface area contributed by atoms with Gasteiger partial charge in [0.25, 0.3) is 0 Å². The monoisotopic (exact) mass is 420 g/mol. The van der Waals surface area contributed by atoms with Crippen molar-refractivity contribution < 1.29 is 13.2 Å². The van der Waals surface area contributed by atoms with Crippen molar-refractivity contribution in [2.75, 3.05) is 18.4 Å². The highest BCUT2D eigenvalue weighted by Crippen LogP contribution is 2.30. The molecule has 3 rings (SSSR count). The van der Waals surface area contributed by atoms with E-state index in [-0.39, 0.29) is 12.5 Å². The summed E-state index contributed by atoms with van der Waals surface area (Å²) >= 11 is 6.12. The van der Waals surface area contributed by atoms with Crippen molar-refractivity contribution in [2.24, 2.45) is 5.92 Å². The minimum absolute atomic E-state index is 0.172. The summed E-state index contributed by atoms with van der Waals surface area (Å²) in [4.78, 5) is 13.1. The van der Waals surface area contributed by atoms with Crippen molar-refractivity contribution >= 4 is 33.2 Å². The Bertz CT molecular complexity index is 981. The minimum atomic E-state index is -3.66. The number of hydrogen-bond donors (Lipinski definition) is 1. The predicted octanol–water partition coefficient (Wildman–Crippen LogP) is 4.30. The Labute approximate surface area is 171 Å². The van der Waals surface area contributed by atoms with Crippen LogP contribution in [0.3, 0.4) is 0 Å². The molecule has 1 heterocycles. The van der Waals surface area contributed by atoms with Crippen LogP contribution >= 0.6 is 11.6 Å². The number of anilines is 1. The second-order valence-electron chi connectivity index (χ2n) is 7.40. The van der Waals surface area contributed by atoms with E-state index in [2.05, 4.69) is 5.32 Å². The molecular weight excluding hydrogens is 396 g/mol. The van der Waals surface area contributed by atoms with Crippen LogP contribution in [0.15, 0.2) is 41.3 Å². The van der Waals surface area contributed by atoms with Crippen molar-refractivity contribution in [3.05, 3.63) is 58.1 Å². The summed E-state index contributed by atoms with van der Waals surface area (Å²) in [5.74, 6) is -0.615. The largest absolute Gasteiger partial charge is 0.324 e. The number of nitrogens with zero attached hydrogens (tertiary/aromatic N) is 1. The van der Waals surface area contributed by atoms with E-state index in [1.54, 1.807) is 24.3 Å².